The highest BCUT2D eigenvalue weighted by molar-refractivity contribution is 7.92. The van der Waals surface area contributed by atoms with Crippen LogP contribution in [0.25, 0.3) is 0 Å². The van der Waals surface area contributed by atoms with Gasteiger partial charge in [-0.3, -0.25) is 0 Å². The van der Waals surface area contributed by atoms with E-state index < -0.39 is 20.5 Å². The maximum atomic E-state index is 12.0. The summed E-state index contributed by atoms with van der Waals surface area (Å²) in [4.78, 5) is 2.01. The number of imidazole rings is 1. The number of aromatic nitrogens is 2. The van der Waals surface area contributed by atoms with Crippen LogP contribution in [0.4, 0.5) is 13.2 Å². The molecule has 74 valence electrons. The lowest BCUT2D eigenvalue weighted by Crippen LogP contribution is -2.38. The van der Waals surface area contributed by atoms with Crippen LogP contribution in [0.15, 0.2) is 17.6 Å². The highest BCUT2D eigenvalue weighted by Gasteiger charge is 2.52. The second-order valence-corrected chi connectivity index (χ2v) is 4.18. The summed E-state index contributed by atoms with van der Waals surface area (Å²) < 4.78 is 58.2. The molecule has 0 aromatic carbocycles. The molecule has 0 spiro atoms. The van der Waals surface area contributed by atoms with Crippen molar-refractivity contribution in [2.24, 2.45) is 7.05 Å². The maximum absolute atomic E-state index is 12.0. The first-order valence-corrected chi connectivity index (χ1v) is 4.59. The van der Waals surface area contributed by atoms with Gasteiger partial charge >= 0.3 is 20.5 Å². The summed E-state index contributed by atoms with van der Waals surface area (Å²) >= 11 is 0. The first-order chi connectivity index (χ1) is 5.77. The molecule has 0 atom stereocenters. The largest absolute Gasteiger partial charge is 0.509 e. The molecule has 1 aromatic rings. The normalized spacial score (nSPS) is 13.2. The lowest BCUT2D eigenvalue weighted by molar-refractivity contribution is -0.709. The minimum atomic E-state index is -5.27. The lowest BCUT2D eigenvalue weighted by atomic mass is 10.9. The van der Waals surface area contributed by atoms with Crippen molar-refractivity contribution in [2.75, 3.05) is 0 Å². The standard InChI is InChI=1S/C5H5F3N2O2S/c1-10-3-2-9-4(10)13(11,12)5(6,7)8/h2-3H,1H3/p+1. The zero-order valence-electron chi connectivity index (χ0n) is 6.46. The van der Waals surface area contributed by atoms with Gasteiger partial charge in [0.1, 0.15) is 12.4 Å². The zero-order chi connectivity index (χ0) is 10.3. The van der Waals surface area contributed by atoms with Gasteiger partial charge < -0.3 is 0 Å². The van der Waals surface area contributed by atoms with Gasteiger partial charge in [-0.05, 0) is 0 Å². The molecule has 0 aliphatic carbocycles. The Morgan fingerprint density at radius 2 is 2.00 bits per heavy atom. The Morgan fingerprint density at radius 3 is 2.31 bits per heavy atom. The predicted molar refractivity (Wildman–Crippen MR) is 35.2 cm³/mol. The van der Waals surface area contributed by atoms with Crippen LogP contribution < -0.4 is 4.57 Å². The van der Waals surface area contributed by atoms with Crippen LogP contribution in [0.2, 0.25) is 0 Å². The number of aryl methyl sites for hydroxylation is 1. The van der Waals surface area contributed by atoms with E-state index in [9.17, 15) is 21.6 Å². The van der Waals surface area contributed by atoms with Gasteiger partial charge in [0.15, 0.2) is 0 Å². The third kappa shape index (κ3) is 1.53. The van der Waals surface area contributed by atoms with Crippen molar-refractivity contribution in [3.8, 4) is 0 Å². The summed E-state index contributed by atoms with van der Waals surface area (Å²) in [6, 6.07) is 0. The van der Waals surface area contributed by atoms with E-state index in [0.29, 0.717) is 0 Å². The Bertz CT molecular complexity index is 406. The average Bonchev–Trinajstić information content (AvgIpc) is 2.32. The van der Waals surface area contributed by atoms with E-state index in [-0.39, 0.29) is 0 Å². The van der Waals surface area contributed by atoms with Crippen molar-refractivity contribution >= 4 is 9.84 Å². The third-order valence-electron chi connectivity index (χ3n) is 1.38. The number of rotatable bonds is 1. The Morgan fingerprint density at radius 1 is 1.46 bits per heavy atom. The molecule has 0 fully saturated rings. The highest BCUT2D eigenvalue weighted by Crippen LogP contribution is 2.27. The number of nitrogens with one attached hydrogen (secondary N) is 1. The Labute approximate surface area is 71.9 Å². The number of sulfone groups is 1. The lowest BCUT2D eigenvalue weighted by Gasteiger charge is -2.02. The van der Waals surface area contributed by atoms with Gasteiger partial charge in [0.05, 0.1) is 7.05 Å². The number of hydrogen-bond donors (Lipinski definition) is 1. The molecule has 0 saturated carbocycles. The van der Waals surface area contributed by atoms with E-state index in [4.69, 9.17) is 0 Å². The highest BCUT2D eigenvalue weighted by atomic mass is 32.2. The van der Waals surface area contributed by atoms with Crippen LogP contribution in [-0.2, 0) is 16.9 Å². The first-order valence-electron chi connectivity index (χ1n) is 3.11. The molecule has 0 radical (unpaired) electrons. The first kappa shape index (κ1) is 10.0. The van der Waals surface area contributed by atoms with E-state index >= 15 is 0 Å². The number of aromatic amines is 1. The van der Waals surface area contributed by atoms with Gasteiger partial charge in [-0.15, -0.1) is 0 Å². The maximum Gasteiger partial charge on any atom is 0.509 e. The molecule has 0 unspecified atom stereocenters. The fraction of sp³-hybridized carbons (Fsp3) is 0.400. The zero-order valence-corrected chi connectivity index (χ0v) is 7.28. The van der Waals surface area contributed by atoms with Crippen LogP contribution in [-0.4, -0.2) is 18.9 Å². The number of halogens is 3. The van der Waals surface area contributed by atoms with Gasteiger partial charge in [-0.2, -0.15) is 13.2 Å². The number of nitrogens with zero attached hydrogens (tertiary/aromatic N) is 1. The van der Waals surface area contributed by atoms with Crippen LogP contribution in [0.5, 0.6) is 0 Å². The monoisotopic (exact) mass is 215 g/mol. The molecule has 1 aromatic heterocycles. The fourth-order valence-electron chi connectivity index (χ4n) is 0.767. The van der Waals surface area contributed by atoms with Crippen molar-refractivity contribution < 1.29 is 26.2 Å². The summed E-state index contributed by atoms with van der Waals surface area (Å²) in [6.45, 7) is 0. The van der Waals surface area contributed by atoms with E-state index in [1.807, 2.05) is 4.98 Å². The predicted octanol–water partition coefficient (Wildman–Crippen LogP) is 0.133. The van der Waals surface area contributed by atoms with Gasteiger partial charge in [-0.25, -0.2) is 18.0 Å². The van der Waals surface area contributed by atoms with E-state index in [1.165, 1.54) is 13.2 Å². The van der Waals surface area contributed by atoms with Gasteiger partial charge in [0.2, 0.25) is 0 Å². The molecule has 1 rings (SSSR count). The molecule has 4 nitrogen and oxygen atoms in total. The topological polar surface area (TPSA) is 53.8 Å². The molecular weight excluding hydrogens is 209 g/mol. The van der Waals surface area contributed by atoms with Crippen LogP contribution >= 0.6 is 0 Å². The second-order valence-electron chi connectivity index (χ2n) is 2.33. The minimum Gasteiger partial charge on any atom is -0.233 e. The smallest absolute Gasteiger partial charge is 0.233 e. The van der Waals surface area contributed by atoms with E-state index in [0.717, 1.165) is 10.8 Å². The third-order valence-corrected chi connectivity index (χ3v) is 2.91. The number of H-pyrrole nitrogens is 1. The van der Waals surface area contributed by atoms with Crippen LogP contribution in [0.1, 0.15) is 0 Å². The van der Waals surface area contributed by atoms with E-state index in [2.05, 4.69) is 0 Å². The number of alkyl halides is 3. The van der Waals surface area contributed by atoms with Gasteiger partial charge in [0, 0.05) is 0 Å². The average molecular weight is 215 g/mol. The SMILES string of the molecule is C[n+]1cc[nH]c1S(=O)(=O)C(F)(F)F. The van der Waals surface area contributed by atoms with Crippen molar-refractivity contribution in [2.45, 2.75) is 10.7 Å². The molecule has 8 heteroatoms. The Hall–Kier alpha value is -1.05. The molecule has 0 aliphatic heterocycles. The minimum absolute atomic E-state index is 0.850. The molecule has 0 bridgehead atoms. The Balaban J connectivity index is 3.33. The molecule has 1 heterocycles. The summed E-state index contributed by atoms with van der Waals surface area (Å²) in [5.74, 6) is 0. The van der Waals surface area contributed by atoms with Crippen molar-refractivity contribution in [3.63, 3.8) is 0 Å². The van der Waals surface area contributed by atoms with Crippen molar-refractivity contribution in [3.05, 3.63) is 12.4 Å². The molecule has 0 aliphatic rings. The number of hydrogen-bond acceptors (Lipinski definition) is 2. The molecule has 13 heavy (non-hydrogen) atoms. The van der Waals surface area contributed by atoms with Crippen molar-refractivity contribution in [1.29, 1.82) is 0 Å². The fourth-order valence-corrected chi connectivity index (χ4v) is 1.65. The summed E-state index contributed by atoms with van der Waals surface area (Å²) in [5.41, 5.74) is -5.27. The summed E-state index contributed by atoms with van der Waals surface area (Å²) in [7, 11) is -4.05. The molecule has 1 N–H and O–H groups in total. The van der Waals surface area contributed by atoms with Gasteiger partial charge in [-0.1, -0.05) is 0 Å². The summed E-state index contributed by atoms with van der Waals surface area (Å²) in [6.07, 6.45) is 2.29. The molecular formula is C5H6F3N2O2S+. The summed E-state index contributed by atoms with van der Waals surface area (Å²) in [5, 5.41) is -0.875. The van der Waals surface area contributed by atoms with E-state index in [1.54, 1.807) is 0 Å². The van der Waals surface area contributed by atoms with Gasteiger partial charge in [0.25, 0.3) is 0 Å². The Kier molecular flexibility index (Phi) is 2.10. The van der Waals surface area contributed by atoms with Crippen LogP contribution in [0, 0.1) is 0 Å². The second kappa shape index (κ2) is 2.72. The molecule has 0 amide bonds. The van der Waals surface area contributed by atoms with Crippen molar-refractivity contribution in [1.82, 2.24) is 4.98 Å². The quantitative estimate of drug-likeness (QED) is 0.677. The van der Waals surface area contributed by atoms with Crippen LogP contribution in [0.3, 0.4) is 0 Å². The molecule has 0 saturated heterocycles.